The molecule has 1 heterocycles. The summed E-state index contributed by atoms with van der Waals surface area (Å²) in [6, 6.07) is 15.7. The molecular weight excluding hydrogens is 344 g/mol. The van der Waals surface area contributed by atoms with Crippen LogP contribution in [-0.4, -0.2) is 23.1 Å². The molecule has 27 heavy (non-hydrogen) atoms. The molecule has 0 saturated carbocycles. The number of aromatic nitrogens is 1. The van der Waals surface area contributed by atoms with Crippen LogP contribution in [0.5, 0.6) is 23.0 Å². The summed E-state index contributed by atoms with van der Waals surface area (Å²) < 4.78 is 11.3. The maximum atomic E-state index is 11.7. The minimum atomic E-state index is -0.593. The number of hydrogen-bond acceptors (Lipinski definition) is 5. The lowest BCUT2D eigenvalue weighted by atomic mass is 10.1. The Hall–Kier alpha value is -3.80. The summed E-state index contributed by atoms with van der Waals surface area (Å²) in [5.41, 5.74) is 6.33. The average molecular weight is 360 g/mol. The van der Waals surface area contributed by atoms with Crippen molar-refractivity contribution in [3.63, 3.8) is 0 Å². The van der Waals surface area contributed by atoms with E-state index in [0.29, 0.717) is 28.2 Å². The van der Waals surface area contributed by atoms with Crippen molar-refractivity contribution in [3.05, 3.63) is 66.4 Å². The first kappa shape index (κ1) is 16.7. The smallest absolute Gasteiger partial charge is 0.252 e. The number of pyridine rings is 1. The van der Waals surface area contributed by atoms with Crippen LogP contribution in [0.25, 0.3) is 21.7 Å². The van der Waals surface area contributed by atoms with Gasteiger partial charge in [0.05, 0.1) is 18.2 Å². The molecule has 0 unspecified atom stereocenters. The number of methoxy groups -OCH3 is 1. The van der Waals surface area contributed by atoms with Gasteiger partial charge in [0.25, 0.3) is 5.91 Å². The molecule has 6 nitrogen and oxygen atoms in total. The fourth-order valence-corrected chi connectivity index (χ4v) is 3.03. The summed E-state index contributed by atoms with van der Waals surface area (Å²) in [5.74, 6) is 1.11. The monoisotopic (exact) mass is 360 g/mol. The zero-order chi connectivity index (χ0) is 19.0. The van der Waals surface area contributed by atoms with Crippen molar-refractivity contribution in [1.29, 1.82) is 0 Å². The molecule has 6 heteroatoms. The first-order chi connectivity index (χ1) is 13.1. The summed E-state index contributed by atoms with van der Waals surface area (Å²) in [7, 11) is 1.47. The number of benzene rings is 3. The van der Waals surface area contributed by atoms with Crippen LogP contribution in [0.2, 0.25) is 0 Å². The van der Waals surface area contributed by atoms with E-state index in [1.165, 1.54) is 7.11 Å². The van der Waals surface area contributed by atoms with Crippen molar-refractivity contribution in [2.75, 3.05) is 7.11 Å². The summed E-state index contributed by atoms with van der Waals surface area (Å²) in [4.78, 5) is 16.0. The highest BCUT2D eigenvalue weighted by Crippen LogP contribution is 2.35. The summed E-state index contributed by atoms with van der Waals surface area (Å²) >= 11 is 0. The predicted octanol–water partition coefficient (Wildman–Crippen LogP) is 3.99. The van der Waals surface area contributed by atoms with Gasteiger partial charge in [-0.3, -0.25) is 9.78 Å². The Labute approximate surface area is 154 Å². The first-order valence-electron chi connectivity index (χ1n) is 8.23. The lowest BCUT2D eigenvalue weighted by Gasteiger charge is -2.12. The van der Waals surface area contributed by atoms with Gasteiger partial charge in [0, 0.05) is 23.0 Å². The Bertz CT molecular complexity index is 1190. The number of ether oxygens (including phenoxy) is 2. The molecule has 0 radical (unpaired) electrons. The molecule has 0 aliphatic rings. The van der Waals surface area contributed by atoms with E-state index in [1.807, 2.05) is 12.1 Å². The third-order valence-corrected chi connectivity index (χ3v) is 4.34. The zero-order valence-corrected chi connectivity index (χ0v) is 14.5. The molecule has 0 aliphatic heterocycles. The molecule has 0 aliphatic carbocycles. The van der Waals surface area contributed by atoms with Crippen molar-refractivity contribution in [3.8, 4) is 23.0 Å². The number of rotatable bonds is 4. The second-order valence-electron chi connectivity index (χ2n) is 6.01. The molecule has 0 fully saturated rings. The van der Waals surface area contributed by atoms with E-state index in [4.69, 9.17) is 15.2 Å². The maximum Gasteiger partial charge on any atom is 0.252 e. The Morgan fingerprint density at radius 1 is 1.04 bits per heavy atom. The molecule has 3 aromatic carbocycles. The molecule has 0 bridgehead atoms. The Morgan fingerprint density at radius 3 is 2.67 bits per heavy atom. The van der Waals surface area contributed by atoms with Crippen LogP contribution in [-0.2, 0) is 0 Å². The summed E-state index contributed by atoms with van der Waals surface area (Å²) in [6.45, 7) is 0. The van der Waals surface area contributed by atoms with E-state index < -0.39 is 5.91 Å². The molecule has 4 aromatic rings. The summed E-state index contributed by atoms with van der Waals surface area (Å²) in [5, 5.41) is 12.2. The number of nitrogens with zero attached hydrogens (tertiary/aromatic N) is 1. The number of phenolic OH excluding ortho intramolecular Hbond substituents is 1. The van der Waals surface area contributed by atoms with Crippen LogP contribution >= 0.6 is 0 Å². The number of carbonyl (C=O) groups excluding carboxylic acids is 1. The maximum absolute atomic E-state index is 11.7. The number of hydrogen-bond donors (Lipinski definition) is 2. The molecule has 1 amide bonds. The van der Waals surface area contributed by atoms with E-state index >= 15 is 0 Å². The van der Waals surface area contributed by atoms with Crippen LogP contribution < -0.4 is 15.2 Å². The SMILES string of the molecule is COc1cc2nccc(Oc3ccc4c(O)cccc4c3)c2cc1C(N)=O. The van der Waals surface area contributed by atoms with Crippen molar-refractivity contribution in [2.45, 2.75) is 0 Å². The van der Waals surface area contributed by atoms with Crippen molar-refractivity contribution in [1.82, 2.24) is 4.98 Å². The lowest BCUT2D eigenvalue weighted by Crippen LogP contribution is -2.12. The third-order valence-electron chi connectivity index (χ3n) is 4.34. The lowest BCUT2D eigenvalue weighted by molar-refractivity contribution is 0.0997. The second kappa shape index (κ2) is 6.49. The van der Waals surface area contributed by atoms with Gasteiger partial charge in [-0.15, -0.1) is 0 Å². The topological polar surface area (TPSA) is 94.7 Å². The van der Waals surface area contributed by atoms with E-state index in [9.17, 15) is 9.90 Å². The highest BCUT2D eigenvalue weighted by atomic mass is 16.5. The molecule has 1 aromatic heterocycles. The molecule has 0 spiro atoms. The second-order valence-corrected chi connectivity index (χ2v) is 6.01. The molecular formula is C21H16N2O4. The fourth-order valence-electron chi connectivity index (χ4n) is 3.03. The Kier molecular flexibility index (Phi) is 4.01. The zero-order valence-electron chi connectivity index (χ0n) is 14.5. The van der Waals surface area contributed by atoms with Crippen LogP contribution in [0, 0.1) is 0 Å². The first-order valence-corrected chi connectivity index (χ1v) is 8.23. The van der Waals surface area contributed by atoms with Gasteiger partial charge in [-0.05, 0) is 41.8 Å². The molecule has 3 N–H and O–H groups in total. The standard InChI is InChI=1S/C21H16N2O4/c1-26-20-11-17-15(10-16(20)21(22)25)19(7-8-23-17)27-13-5-6-14-12(9-13)3-2-4-18(14)24/h2-11,24H,1H3,(H2,22,25). The summed E-state index contributed by atoms with van der Waals surface area (Å²) in [6.07, 6.45) is 1.62. The van der Waals surface area contributed by atoms with E-state index in [-0.39, 0.29) is 11.3 Å². The van der Waals surface area contributed by atoms with Gasteiger partial charge in [-0.25, -0.2) is 0 Å². The van der Waals surface area contributed by atoms with Crippen LogP contribution in [0.4, 0.5) is 0 Å². The Morgan fingerprint density at radius 2 is 1.89 bits per heavy atom. The highest BCUT2D eigenvalue weighted by Gasteiger charge is 2.14. The molecule has 0 atom stereocenters. The quantitative estimate of drug-likeness (QED) is 0.574. The van der Waals surface area contributed by atoms with Gasteiger partial charge in [0.1, 0.15) is 23.0 Å². The molecule has 4 rings (SSSR count). The predicted molar refractivity (Wildman–Crippen MR) is 102 cm³/mol. The van der Waals surface area contributed by atoms with E-state index in [2.05, 4.69) is 4.98 Å². The van der Waals surface area contributed by atoms with Gasteiger partial charge in [-0.2, -0.15) is 0 Å². The van der Waals surface area contributed by atoms with Gasteiger partial charge < -0.3 is 20.3 Å². The number of amides is 1. The van der Waals surface area contributed by atoms with Gasteiger partial charge in [0.2, 0.25) is 0 Å². The largest absolute Gasteiger partial charge is 0.507 e. The molecule has 134 valence electrons. The number of aromatic hydroxyl groups is 1. The van der Waals surface area contributed by atoms with Crippen LogP contribution in [0.3, 0.4) is 0 Å². The number of primary amides is 1. The van der Waals surface area contributed by atoms with Crippen molar-refractivity contribution in [2.24, 2.45) is 5.73 Å². The average Bonchev–Trinajstić information content (AvgIpc) is 2.67. The minimum Gasteiger partial charge on any atom is -0.507 e. The van der Waals surface area contributed by atoms with E-state index in [0.717, 1.165) is 10.8 Å². The third kappa shape index (κ3) is 2.97. The van der Waals surface area contributed by atoms with Crippen molar-refractivity contribution < 1.29 is 19.4 Å². The van der Waals surface area contributed by atoms with Crippen LogP contribution in [0.15, 0.2) is 60.8 Å². The van der Waals surface area contributed by atoms with Crippen LogP contribution in [0.1, 0.15) is 10.4 Å². The van der Waals surface area contributed by atoms with Gasteiger partial charge >= 0.3 is 0 Å². The van der Waals surface area contributed by atoms with Gasteiger partial charge in [-0.1, -0.05) is 12.1 Å². The van der Waals surface area contributed by atoms with Crippen molar-refractivity contribution >= 4 is 27.6 Å². The van der Waals surface area contributed by atoms with Gasteiger partial charge in [0.15, 0.2) is 0 Å². The minimum absolute atomic E-state index is 0.214. The number of nitrogens with two attached hydrogens (primary N) is 1. The molecule has 0 saturated heterocycles. The fraction of sp³-hybridized carbons (Fsp3) is 0.0476. The normalized spacial score (nSPS) is 10.9. The van der Waals surface area contributed by atoms with E-state index in [1.54, 1.807) is 48.7 Å². The number of phenols is 1. The number of fused-ring (bicyclic) bond motifs is 2. The Balaban J connectivity index is 1.82. The highest BCUT2D eigenvalue weighted by molar-refractivity contribution is 6.01. The number of carbonyl (C=O) groups is 1.